The molecule has 0 unspecified atom stereocenters. The number of anilines is 2. The van der Waals surface area contributed by atoms with E-state index < -0.39 is 0 Å². The zero-order valence-electron chi connectivity index (χ0n) is 13.9. The summed E-state index contributed by atoms with van der Waals surface area (Å²) in [6.07, 6.45) is 0.985. The van der Waals surface area contributed by atoms with Gasteiger partial charge >= 0.3 is 0 Å². The van der Waals surface area contributed by atoms with E-state index in [4.69, 9.17) is 10.5 Å². The lowest BCUT2D eigenvalue weighted by atomic mass is 10.1. The van der Waals surface area contributed by atoms with Gasteiger partial charge in [-0.15, -0.1) is 0 Å². The molecule has 0 atom stereocenters. The Labute approximate surface area is 137 Å². The van der Waals surface area contributed by atoms with E-state index in [1.807, 2.05) is 37.3 Å². The molecule has 0 aliphatic carbocycles. The molecule has 0 aliphatic heterocycles. The van der Waals surface area contributed by atoms with Gasteiger partial charge in [0.25, 0.3) is 5.91 Å². The first-order valence-corrected chi connectivity index (χ1v) is 7.86. The van der Waals surface area contributed by atoms with Crippen molar-refractivity contribution in [2.24, 2.45) is 5.92 Å². The number of nitrogens with two attached hydrogens (primary N) is 1. The molecule has 0 saturated heterocycles. The van der Waals surface area contributed by atoms with Gasteiger partial charge < -0.3 is 15.8 Å². The lowest BCUT2D eigenvalue weighted by Crippen LogP contribution is -2.13. The summed E-state index contributed by atoms with van der Waals surface area (Å²) >= 11 is 0. The van der Waals surface area contributed by atoms with Crippen LogP contribution in [0.4, 0.5) is 11.4 Å². The predicted octanol–water partition coefficient (Wildman–Crippen LogP) is 4.25. The Morgan fingerprint density at radius 2 is 1.96 bits per heavy atom. The smallest absolute Gasteiger partial charge is 0.255 e. The van der Waals surface area contributed by atoms with Crippen LogP contribution in [0.25, 0.3) is 0 Å². The number of ether oxygens (including phenoxy) is 1. The zero-order chi connectivity index (χ0) is 16.8. The van der Waals surface area contributed by atoms with Crippen LogP contribution < -0.4 is 15.8 Å². The van der Waals surface area contributed by atoms with Crippen molar-refractivity contribution in [1.82, 2.24) is 0 Å². The minimum Gasteiger partial charge on any atom is -0.494 e. The van der Waals surface area contributed by atoms with Crippen LogP contribution in [-0.2, 0) is 0 Å². The van der Waals surface area contributed by atoms with Crippen molar-refractivity contribution in [3.05, 3.63) is 53.6 Å². The summed E-state index contributed by atoms with van der Waals surface area (Å²) in [6.45, 7) is 6.84. The molecule has 2 aromatic carbocycles. The Kier molecular flexibility index (Phi) is 5.63. The zero-order valence-corrected chi connectivity index (χ0v) is 13.9. The first-order chi connectivity index (χ1) is 11.0. The number of rotatable bonds is 6. The Morgan fingerprint density at radius 3 is 2.70 bits per heavy atom. The third-order valence-electron chi connectivity index (χ3n) is 3.68. The quantitative estimate of drug-likeness (QED) is 0.784. The van der Waals surface area contributed by atoms with Gasteiger partial charge in [0.05, 0.1) is 6.61 Å². The second-order valence-corrected chi connectivity index (χ2v) is 6.03. The molecule has 122 valence electrons. The summed E-state index contributed by atoms with van der Waals surface area (Å²) in [6, 6.07) is 12.7. The van der Waals surface area contributed by atoms with Crippen LogP contribution in [-0.4, -0.2) is 12.5 Å². The van der Waals surface area contributed by atoms with Crippen LogP contribution in [0.1, 0.15) is 36.2 Å². The maximum Gasteiger partial charge on any atom is 0.255 e. The highest BCUT2D eigenvalue weighted by molar-refractivity contribution is 6.05. The van der Waals surface area contributed by atoms with Gasteiger partial charge in [-0.05, 0) is 55.2 Å². The molecule has 3 N–H and O–H groups in total. The topological polar surface area (TPSA) is 64.3 Å². The summed E-state index contributed by atoms with van der Waals surface area (Å²) in [4.78, 5) is 12.4. The van der Waals surface area contributed by atoms with Gasteiger partial charge in [0, 0.05) is 16.9 Å². The van der Waals surface area contributed by atoms with Crippen LogP contribution in [0.3, 0.4) is 0 Å². The number of nitrogen functional groups attached to an aromatic ring is 1. The van der Waals surface area contributed by atoms with Crippen molar-refractivity contribution >= 4 is 17.3 Å². The Bertz CT molecular complexity index is 681. The second kappa shape index (κ2) is 7.68. The number of hydrogen-bond acceptors (Lipinski definition) is 3. The van der Waals surface area contributed by atoms with Crippen molar-refractivity contribution in [2.75, 3.05) is 17.7 Å². The van der Waals surface area contributed by atoms with Crippen LogP contribution in [0.5, 0.6) is 5.75 Å². The van der Waals surface area contributed by atoms with Crippen LogP contribution >= 0.6 is 0 Å². The van der Waals surface area contributed by atoms with E-state index in [1.165, 1.54) is 0 Å². The fourth-order valence-electron chi connectivity index (χ4n) is 2.12. The highest BCUT2D eigenvalue weighted by Gasteiger charge is 2.10. The molecule has 0 radical (unpaired) electrons. The summed E-state index contributed by atoms with van der Waals surface area (Å²) < 4.78 is 5.70. The van der Waals surface area contributed by atoms with Gasteiger partial charge in [0.2, 0.25) is 0 Å². The van der Waals surface area contributed by atoms with E-state index in [1.54, 1.807) is 12.1 Å². The Balaban J connectivity index is 2.06. The summed E-state index contributed by atoms with van der Waals surface area (Å²) in [5, 5.41) is 2.89. The van der Waals surface area contributed by atoms with E-state index in [-0.39, 0.29) is 5.91 Å². The molecule has 0 fully saturated rings. The summed E-state index contributed by atoms with van der Waals surface area (Å²) in [5.74, 6) is 1.13. The van der Waals surface area contributed by atoms with E-state index in [2.05, 4.69) is 19.2 Å². The molecule has 0 bridgehead atoms. The van der Waals surface area contributed by atoms with Gasteiger partial charge in [-0.25, -0.2) is 0 Å². The molecule has 4 heteroatoms. The van der Waals surface area contributed by atoms with Crippen molar-refractivity contribution < 1.29 is 9.53 Å². The third kappa shape index (κ3) is 4.74. The number of nitrogens with one attached hydrogen (secondary N) is 1. The fourth-order valence-corrected chi connectivity index (χ4v) is 2.12. The second-order valence-electron chi connectivity index (χ2n) is 6.03. The van der Waals surface area contributed by atoms with E-state index >= 15 is 0 Å². The van der Waals surface area contributed by atoms with E-state index in [9.17, 15) is 4.79 Å². The molecule has 0 spiro atoms. The normalized spacial score (nSPS) is 10.6. The van der Waals surface area contributed by atoms with Crippen molar-refractivity contribution in [3.63, 3.8) is 0 Å². The maximum atomic E-state index is 12.4. The standard InChI is InChI=1S/C19H24N2O2/c1-13(2)10-11-23-16-7-4-6-15(12-16)19(22)21-18-9-5-8-17(20)14(18)3/h4-9,12-13H,10-11,20H2,1-3H3,(H,21,22). The van der Waals surface area contributed by atoms with Gasteiger partial charge in [0.1, 0.15) is 5.75 Å². The van der Waals surface area contributed by atoms with E-state index in [0.717, 1.165) is 17.7 Å². The lowest BCUT2D eigenvalue weighted by Gasteiger charge is -2.12. The molecule has 4 nitrogen and oxygen atoms in total. The Morgan fingerprint density at radius 1 is 1.22 bits per heavy atom. The monoisotopic (exact) mass is 312 g/mol. The van der Waals surface area contributed by atoms with Gasteiger partial charge in [-0.2, -0.15) is 0 Å². The minimum absolute atomic E-state index is 0.173. The highest BCUT2D eigenvalue weighted by atomic mass is 16.5. The third-order valence-corrected chi connectivity index (χ3v) is 3.68. The van der Waals surface area contributed by atoms with E-state index in [0.29, 0.717) is 29.5 Å². The predicted molar refractivity (Wildman–Crippen MR) is 94.9 cm³/mol. The lowest BCUT2D eigenvalue weighted by molar-refractivity contribution is 0.102. The molecular weight excluding hydrogens is 288 g/mol. The number of carbonyl (C=O) groups excluding carboxylic acids is 1. The number of benzene rings is 2. The summed E-state index contributed by atoms with van der Waals surface area (Å²) in [7, 11) is 0. The average Bonchev–Trinajstić information content (AvgIpc) is 2.52. The highest BCUT2D eigenvalue weighted by Crippen LogP contribution is 2.22. The SMILES string of the molecule is Cc1c(N)cccc1NC(=O)c1cccc(OCCC(C)C)c1. The van der Waals surface area contributed by atoms with Crippen molar-refractivity contribution in [2.45, 2.75) is 27.2 Å². The van der Waals surface area contributed by atoms with Crippen LogP contribution in [0.15, 0.2) is 42.5 Å². The first-order valence-electron chi connectivity index (χ1n) is 7.86. The molecule has 0 aromatic heterocycles. The van der Waals surface area contributed by atoms with Gasteiger partial charge in [-0.3, -0.25) is 4.79 Å². The molecule has 0 saturated carbocycles. The largest absolute Gasteiger partial charge is 0.494 e. The number of hydrogen-bond donors (Lipinski definition) is 2. The fraction of sp³-hybridized carbons (Fsp3) is 0.316. The number of amides is 1. The van der Waals surface area contributed by atoms with Crippen LogP contribution in [0, 0.1) is 12.8 Å². The average molecular weight is 312 g/mol. The molecule has 1 amide bonds. The minimum atomic E-state index is -0.173. The molecular formula is C19H24N2O2. The van der Waals surface area contributed by atoms with Crippen molar-refractivity contribution in [3.8, 4) is 5.75 Å². The first kappa shape index (κ1) is 16.9. The Hall–Kier alpha value is -2.49. The van der Waals surface area contributed by atoms with Gasteiger partial charge in [-0.1, -0.05) is 26.0 Å². The molecule has 0 heterocycles. The molecule has 2 rings (SSSR count). The maximum absolute atomic E-state index is 12.4. The molecule has 2 aromatic rings. The molecule has 0 aliphatic rings. The molecule has 23 heavy (non-hydrogen) atoms. The van der Waals surface area contributed by atoms with Crippen molar-refractivity contribution in [1.29, 1.82) is 0 Å². The summed E-state index contributed by atoms with van der Waals surface area (Å²) in [5.41, 5.74) is 8.68. The number of carbonyl (C=O) groups is 1. The van der Waals surface area contributed by atoms with Gasteiger partial charge in [0.15, 0.2) is 0 Å². The van der Waals surface area contributed by atoms with Crippen LogP contribution in [0.2, 0.25) is 0 Å².